The summed E-state index contributed by atoms with van der Waals surface area (Å²) in [5.74, 6) is -0.806. The number of hydrogen-bond donors (Lipinski definition) is 3. The van der Waals surface area contributed by atoms with Crippen molar-refractivity contribution in [1.29, 1.82) is 0 Å². The number of carbonyl (C=O) groups is 1. The van der Waals surface area contributed by atoms with Crippen molar-refractivity contribution < 1.29 is 15.0 Å². The number of carboxylic acid groups (broad SMARTS) is 1. The van der Waals surface area contributed by atoms with E-state index >= 15 is 0 Å². The van der Waals surface area contributed by atoms with E-state index in [2.05, 4.69) is 12.1 Å². The summed E-state index contributed by atoms with van der Waals surface area (Å²) in [6, 6.07) is 10.2. The zero-order valence-electron chi connectivity index (χ0n) is 10.2. The lowest BCUT2D eigenvalue weighted by Crippen LogP contribution is -2.56. The first-order valence-corrected chi connectivity index (χ1v) is 6.27. The van der Waals surface area contributed by atoms with Gasteiger partial charge in [-0.15, -0.1) is 0 Å². The van der Waals surface area contributed by atoms with Gasteiger partial charge in [0.25, 0.3) is 0 Å². The number of hydrogen-bond acceptors (Lipinski definition) is 3. The number of benzene rings is 1. The third kappa shape index (κ3) is 2.54. The third-order valence-corrected chi connectivity index (χ3v) is 3.97. The van der Waals surface area contributed by atoms with Crippen molar-refractivity contribution in [3.8, 4) is 0 Å². The van der Waals surface area contributed by atoms with Crippen LogP contribution in [0, 0.1) is 0 Å². The molecule has 1 aliphatic rings. The van der Waals surface area contributed by atoms with Crippen LogP contribution in [0.2, 0.25) is 0 Å². The van der Waals surface area contributed by atoms with E-state index < -0.39 is 17.6 Å². The molecule has 98 valence electrons. The van der Waals surface area contributed by atoms with Crippen LogP contribution in [0.3, 0.4) is 0 Å². The summed E-state index contributed by atoms with van der Waals surface area (Å²) in [6.45, 7) is 0. The van der Waals surface area contributed by atoms with Gasteiger partial charge in [-0.25, -0.2) is 4.79 Å². The van der Waals surface area contributed by atoms with Crippen molar-refractivity contribution in [1.82, 2.24) is 0 Å². The highest BCUT2D eigenvalue weighted by Crippen LogP contribution is 2.38. The molecule has 0 aliphatic heterocycles. The zero-order valence-corrected chi connectivity index (χ0v) is 10.2. The first kappa shape index (κ1) is 13.1. The van der Waals surface area contributed by atoms with Crippen molar-refractivity contribution in [2.75, 3.05) is 0 Å². The molecule has 1 fully saturated rings. The molecular formula is C14H19NO3. The van der Waals surface area contributed by atoms with E-state index in [4.69, 9.17) is 10.8 Å². The van der Waals surface area contributed by atoms with E-state index in [1.807, 2.05) is 18.2 Å². The fraction of sp³-hybridized carbons (Fsp3) is 0.500. The molecule has 0 bridgehead atoms. The molecule has 1 saturated carbocycles. The molecular weight excluding hydrogens is 230 g/mol. The van der Waals surface area contributed by atoms with Crippen molar-refractivity contribution in [2.45, 2.75) is 43.2 Å². The Bertz CT molecular complexity index is 410. The minimum Gasteiger partial charge on any atom is -0.479 e. The summed E-state index contributed by atoms with van der Waals surface area (Å²) >= 11 is 0. The highest BCUT2D eigenvalue weighted by atomic mass is 16.4. The van der Waals surface area contributed by atoms with Gasteiger partial charge < -0.3 is 15.9 Å². The fourth-order valence-corrected chi connectivity index (χ4v) is 2.73. The number of rotatable bonds is 3. The molecule has 4 heteroatoms. The van der Waals surface area contributed by atoms with Crippen LogP contribution >= 0.6 is 0 Å². The normalized spacial score (nSPS) is 29.8. The van der Waals surface area contributed by atoms with Crippen LogP contribution in [0.25, 0.3) is 0 Å². The van der Waals surface area contributed by atoms with Crippen molar-refractivity contribution in [2.24, 2.45) is 5.73 Å². The second-order valence-corrected chi connectivity index (χ2v) is 5.16. The monoisotopic (exact) mass is 249 g/mol. The summed E-state index contributed by atoms with van der Waals surface area (Å²) < 4.78 is 0. The van der Waals surface area contributed by atoms with E-state index in [0.29, 0.717) is 18.8 Å². The van der Waals surface area contributed by atoms with Crippen LogP contribution in [0.15, 0.2) is 30.3 Å². The van der Waals surface area contributed by atoms with Crippen LogP contribution in [0.1, 0.15) is 37.2 Å². The standard InChI is InChI=1S/C14H19NO3/c15-14(12(16)13(17)18)8-6-11(7-9-14)10-4-2-1-3-5-10/h1-5,11-12,16H,6-9,15H2,(H,17,18). The maximum absolute atomic E-state index is 10.8. The van der Waals surface area contributed by atoms with Gasteiger partial charge in [-0.3, -0.25) is 0 Å². The minimum atomic E-state index is -1.46. The van der Waals surface area contributed by atoms with Gasteiger partial charge in [0.05, 0.1) is 5.54 Å². The maximum atomic E-state index is 10.8. The number of nitrogens with two attached hydrogens (primary N) is 1. The smallest absolute Gasteiger partial charge is 0.334 e. The molecule has 0 heterocycles. The second kappa shape index (κ2) is 5.08. The van der Waals surface area contributed by atoms with Crippen molar-refractivity contribution in [3.63, 3.8) is 0 Å². The first-order chi connectivity index (χ1) is 8.53. The average Bonchev–Trinajstić information content (AvgIpc) is 2.39. The fourth-order valence-electron chi connectivity index (χ4n) is 2.73. The third-order valence-electron chi connectivity index (χ3n) is 3.97. The molecule has 1 atom stereocenters. The summed E-state index contributed by atoms with van der Waals surface area (Å²) in [5.41, 5.74) is 6.31. The molecule has 0 radical (unpaired) electrons. The summed E-state index contributed by atoms with van der Waals surface area (Å²) in [7, 11) is 0. The van der Waals surface area contributed by atoms with E-state index in [0.717, 1.165) is 12.8 Å². The van der Waals surface area contributed by atoms with Gasteiger partial charge >= 0.3 is 5.97 Å². The maximum Gasteiger partial charge on any atom is 0.334 e. The SMILES string of the molecule is NC1(C(O)C(=O)O)CCC(c2ccccc2)CC1. The molecule has 4 nitrogen and oxygen atoms in total. The van der Waals surface area contributed by atoms with Crippen LogP contribution in [0.4, 0.5) is 0 Å². The van der Waals surface area contributed by atoms with Gasteiger partial charge in [-0.05, 0) is 37.2 Å². The van der Waals surface area contributed by atoms with E-state index in [1.54, 1.807) is 0 Å². The van der Waals surface area contributed by atoms with Crippen LogP contribution < -0.4 is 5.73 Å². The number of carboxylic acids is 1. The van der Waals surface area contributed by atoms with Crippen LogP contribution in [-0.4, -0.2) is 27.8 Å². The lowest BCUT2D eigenvalue weighted by Gasteiger charge is -2.38. The van der Waals surface area contributed by atoms with Gasteiger partial charge in [0, 0.05) is 0 Å². The second-order valence-electron chi connectivity index (χ2n) is 5.16. The first-order valence-electron chi connectivity index (χ1n) is 6.27. The number of aliphatic hydroxyl groups excluding tert-OH is 1. The van der Waals surface area contributed by atoms with Gasteiger partial charge in [-0.1, -0.05) is 30.3 Å². The Morgan fingerprint density at radius 3 is 2.33 bits per heavy atom. The van der Waals surface area contributed by atoms with E-state index in [1.165, 1.54) is 5.56 Å². The Kier molecular flexibility index (Phi) is 3.68. The molecule has 0 saturated heterocycles. The molecule has 2 rings (SSSR count). The molecule has 0 amide bonds. The van der Waals surface area contributed by atoms with Gasteiger partial charge in [-0.2, -0.15) is 0 Å². The summed E-state index contributed by atoms with van der Waals surface area (Å²) in [4.78, 5) is 10.8. The van der Waals surface area contributed by atoms with Gasteiger partial charge in [0.15, 0.2) is 6.10 Å². The van der Waals surface area contributed by atoms with E-state index in [9.17, 15) is 9.90 Å². The molecule has 0 aromatic heterocycles. The molecule has 1 aromatic carbocycles. The topological polar surface area (TPSA) is 83.5 Å². The Balaban J connectivity index is 2.02. The van der Waals surface area contributed by atoms with Crippen LogP contribution in [0.5, 0.6) is 0 Å². The van der Waals surface area contributed by atoms with Crippen molar-refractivity contribution >= 4 is 5.97 Å². The zero-order chi connectivity index (χ0) is 13.2. The van der Waals surface area contributed by atoms with Crippen LogP contribution in [-0.2, 0) is 4.79 Å². The number of aliphatic hydroxyl groups is 1. The molecule has 1 unspecified atom stereocenters. The van der Waals surface area contributed by atoms with Crippen molar-refractivity contribution in [3.05, 3.63) is 35.9 Å². The van der Waals surface area contributed by atoms with Gasteiger partial charge in [0.1, 0.15) is 0 Å². The Hall–Kier alpha value is -1.39. The van der Waals surface area contributed by atoms with E-state index in [-0.39, 0.29) is 0 Å². The quantitative estimate of drug-likeness (QED) is 0.757. The Morgan fingerprint density at radius 2 is 1.83 bits per heavy atom. The lowest BCUT2D eigenvalue weighted by atomic mass is 9.72. The summed E-state index contributed by atoms with van der Waals surface area (Å²) in [5, 5.41) is 18.5. The average molecular weight is 249 g/mol. The predicted octanol–water partition coefficient (Wildman–Crippen LogP) is 1.49. The number of aliphatic carboxylic acids is 1. The molecule has 18 heavy (non-hydrogen) atoms. The Morgan fingerprint density at radius 1 is 1.28 bits per heavy atom. The Labute approximate surface area is 106 Å². The molecule has 4 N–H and O–H groups in total. The minimum absolute atomic E-state index is 0.420. The molecule has 1 aromatic rings. The lowest BCUT2D eigenvalue weighted by molar-refractivity contribution is -0.151. The predicted molar refractivity (Wildman–Crippen MR) is 68.2 cm³/mol. The highest BCUT2D eigenvalue weighted by Gasteiger charge is 2.41. The molecule has 0 spiro atoms. The summed E-state index contributed by atoms with van der Waals surface area (Å²) in [6.07, 6.45) is 1.27. The largest absolute Gasteiger partial charge is 0.479 e. The highest BCUT2D eigenvalue weighted by molar-refractivity contribution is 5.73. The molecule has 1 aliphatic carbocycles. The van der Waals surface area contributed by atoms with Gasteiger partial charge in [0.2, 0.25) is 0 Å².